The van der Waals surface area contributed by atoms with Crippen molar-refractivity contribution in [2.45, 2.75) is 18.1 Å². The predicted molar refractivity (Wildman–Crippen MR) is 119 cm³/mol. The number of nitrogens with one attached hydrogen (secondary N) is 1. The third-order valence-corrected chi connectivity index (χ3v) is 5.88. The Morgan fingerprint density at radius 3 is 2.48 bits per heavy atom. The van der Waals surface area contributed by atoms with Crippen molar-refractivity contribution < 1.29 is 4.79 Å². The summed E-state index contributed by atoms with van der Waals surface area (Å²) in [5, 5.41) is 13.3. The molecule has 152 valence electrons. The molecule has 0 aliphatic rings. The summed E-state index contributed by atoms with van der Waals surface area (Å²) in [4.78, 5) is 14.5. The zero-order valence-electron chi connectivity index (χ0n) is 16.3. The van der Waals surface area contributed by atoms with Gasteiger partial charge in [-0.15, -0.1) is 10.2 Å². The highest BCUT2D eigenvalue weighted by molar-refractivity contribution is 7.99. The van der Waals surface area contributed by atoms with E-state index < -0.39 is 0 Å². The fourth-order valence-electron chi connectivity index (χ4n) is 2.59. The van der Waals surface area contributed by atoms with E-state index in [9.17, 15) is 4.79 Å². The van der Waals surface area contributed by atoms with Crippen molar-refractivity contribution in [3.63, 3.8) is 0 Å². The number of halogens is 2. The molecular formula is C20H21Cl2N5OS. The molecule has 6 nitrogen and oxygen atoms in total. The fraction of sp³-hybridized carbons (Fsp3) is 0.250. The van der Waals surface area contributed by atoms with Crippen molar-refractivity contribution >= 4 is 46.6 Å². The highest BCUT2D eigenvalue weighted by Crippen LogP contribution is 2.28. The third-order valence-electron chi connectivity index (χ3n) is 4.37. The molecule has 0 aliphatic carbocycles. The largest absolute Gasteiger partial charge is 0.324 e. The molecular weight excluding hydrogens is 429 g/mol. The minimum Gasteiger partial charge on any atom is -0.324 e. The van der Waals surface area contributed by atoms with E-state index in [0.29, 0.717) is 20.9 Å². The summed E-state index contributed by atoms with van der Waals surface area (Å²) < 4.78 is 1.95. The molecule has 2 aromatic carbocycles. The highest BCUT2D eigenvalue weighted by atomic mass is 35.5. The van der Waals surface area contributed by atoms with Crippen LogP contribution in [-0.2, 0) is 4.79 Å². The summed E-state index contributed by atoms with van der Waals surface area (Å²) in [5.74, 6) is 0.787. The van der Waals surface area contributed by atoms with E-state index in [0.717, 1.165) is 11.5 Å². The van der Waals surface area contributed by atoms with Crippen LogP contribution in [0, 0.1) is 0 Å². The fourth-order valence-corrected chi connectivity index (χ4v) is 3.66. The first kappa shape index (κ1) is 21.6. The van der Waals surface area contributed by atoms with E-state index in [1.807, 2.05) is 55.1 Å². The number of para-hydroxylation sites is 1. The maximum atomic E-state index is 12.4. The van der Waals surface area contributed by atoms with Gasteiger partial charge in [0.15, 0.2) is 11.0 Å². The lowest BCUT2D eigenvalue weighted by molar-refractivity contribution is -0.113. The molecule has 0 aliphatic heterocycles. The quantitative estimate of drug-likeness (QED) is 0.518. The standard InChI is InChI=1S/C20H21Cl2N5OS/c1-13(26(2)3)19-24-25-20(27(19)15-10-8-14(21)9-11-15)29-12-18(28)23-17-7-5-4-6-16(17)22/h4-11,13H,12H2,1-3H3,(H,23,28). The van der Waals surface area contributed by atoms with Gasteiger partial charge in [0, 0.05) is 10.7 Å². The van der Waals surface area contributed by atoms with E-state index in [-0.39, 0.29) is 17.7 Å². The molecule has 9 heteroatoms. The predicted octanol–water partition coefficient (Wildman–Crippen LogP) is 4.93. The van der Waals surface area contributed by atoms with Crippen LogP contribution in [0.25, 0.3) is 5.69 Å². The molecule has 0 bridgehead atoms. The minimum absolute atomic E-state index is 0.0319. The van der Waals surface area contributed by atoms with Gasteiger partial charge in [-0.3, -0.25) is 14.3 Å². The minimum atomic E-state index is -0.170. The zero-order chi connectivity index (χ0) is 21.0. The number of thioether (sulfide) groups is 1. The average Bonchev–Trinajstić information content (AvgIpc) is 3.12. The van der Waals surface area contributed by atoms with Crippen molar-refractivity contribution in [2.24, 2.45) is 0 Å². The summed E-state index contributed by atoms with van der Waals surface area (Å²) >= 11 is 13.5. The van der Waals surface area contributed by atoms with E-state index in [1.165, 1.54) is 11.8 Å². The number of nitrogens with zero attached hydrogens (tertiary/aromatic N) is 4. The first-order valence-electron chi connectivity index (χ1n) is 8.91. The van der Waals surface area contributed by atoms with Gasteiger partial charge in [-0.05, 0) is 57.4 Å². The first-order valence-corrected chi connectivity index (χ1v) is 10.7. The number of hydrogen-bond donors (Lipinski definition) is 1. The van der Waals surface area contributed by atoms with Crippen molar-refractivity contribution in [3.05, 3.63) is 64.4 Å². The Hall–Kier alpha value is -2.06. The van der Waals surface area contributed by atoms with E-state index >= 15 is 0 Å². The normalized spacial score (nSPS) is 12.2. The number of benzene rings is 2. The van der Waals surface area contributed by atoms with Crippen LogP contribution in [0.15, 0.2) is 53.7 Å². The summed E-state index contributed by atoms with van der Waals surface area (Å²) in [6.07, 6.45) is 0. The Morgan fingerprint density at radius 2 is 1.83 bits per heavy atom. The number of hydrogen-bond acceptors (Lipinski definition) is 5. The number of amides is 1. The summed E-state index contributed by atoms with van der Waals surface area (Å²) in [7, 11) is 3.96. The molecule has 0 saturated heterocycles. The van der Waals surface area contributed by atoms with Crippen molar-refractivity contribution in [1.82, 2.24) is 19.7 Å². The number of rotatable bonds is 7. The van der Waals surface area contributed by atoms with Gasteiger partial charge in [-0.25, -0.2) is 0 Å². The van der Waals surface area contributed by atoms with Gasteiger partial charge in [-0.1, -0.05) is 47.1 Å². The Labute approximate surface area is 184 Å². The maximum absolute atomic E-state index is 12.4. The van der Waals surface area contributed by atoms with Crippen LogP contribution in [-0.4, -0.2) is 45.4 Å². The average molecular weight is 450 g/mol. The van der Waals surface area contributed by atoms with Crippen molar-refractivity contribution in [3.8, 4) is 5.69 Å². The smallest absolute Gasteiger partial charge is 0.234 e. The highest BCUT2D eigenvalue weighted by Gasteiger charge is 2.21. The lowest BCUT2D eigenvalue weighted by atomic mass is 10.2. The van der Waals surface area contributed by atoms with Crippen LogP contribution in [0.2, 0.25) is 10.0 Å². The zero-order valence-corrected chi connectivity index (χ0v) is 18.6. The van der Waals surface area contributed by atoms with Gasteiger partial charge in [0.05, 0.1) is 22.5 Å². The molecule has 1 aromatic heterocycles. The molecule has 1 atom stereocenters. The maximum Gasteiger partial charge on any atom is 0.234 e. The molecule has 1 amide bonds. The first-order chi connectivity index (χ1) is 13.9. The summed E-state index contributed by atoms with van der Waals surface area (Å²) in [6, 6.07) is 14.6. The number of carbonyl (C=O) groups is 1. The Bertz CT molecular complexity index is 991. The van der Waals surface area contributed by atoms with Crippen LogP contribution < -0.4 is 5.32 Å². The number of aromatic nitrogens is 3. The summed E-state index contributed by atoms with van der Waals surface area (Å²) in [6.45, 7) is 2.05. The van der Waals surface area contributed by atoms with E-state index in [4.69, 9.17) is 23.2 Å². The van der Waals surface area contributed by atoms with Gasteiger partial charge < -0.3 is 5.32 Å². The molecule has 1 heterocycles. The SMILES string of the molecule is CC(c1nnc(SCC(=O)Nc2ccccc2Cl)n1-c1ccc(Cl)cc1)N(C)C. The van der Waals surface area contributed by atoms with Crippen LogP contribution >= 0.6 is 35.0 Å². The molecule has 0 spiro atoms. The molecule has 1 unspecified atom stereocenters. The molecule has 0 fully saturated rings. The molecule has 29 heavy (non-hydrogen) atoms. The molecule has 3 aromatic rings. The molecule has 1 N–H and O–H groups in total. The summed E-state index contributed by atoms with van der Waals surface area (Å²) in [5.41, 5.74) is 1.47. The Kier molecular flexibility index (Phi) is 7.18. The second-order valence-corrected chi connectivity index (χ2v) is 8.40. The van der Waals surface area contributed by atoms with Gasteiger partial charge in [0.25, 0.3) is 0 Å². The molecule has 3 rings (SSSR count). The van der Waals surface area contributed by atoms with Crippen LogP contribution in [0.1, 0.15) is 18.8 Å². The van der Waals surface area contributed by atoms with Crippen molar-refractivity contribution in [2.75, 3.05) is 25.2 Å². The number of anilines is 1. The lowest BCUT2D eigenvalue weighted by Gasteiger charge is -2.20. The van der Waals surface area contributed by atoms with Gasteiger partial charge in [0.1, 0.15) is 0 Å². The van der Waals surface area contributed by atoms with Gasteiger partial charge in [0.2, 0.25) is 5.91 Å². The van der Waals surface area contributed by atoms with Crippen LogP contribution in [0.5, 0.6) is 0 Å². The van der Waals surface area contributed by atoms with Gasteiger partial charge >= 0.3 is 0 Å². The number of carbonyl (C=O) groups excluding carboxylic acids is 1. The topological polar surface area (TPSA) is 63.1 Å². The van der Waals surface area contributed by atoms with Gasteiger partial charge in [-0.2, -0.15) is 0 Å². The molecule has 0 saturated carbocycles. The van der Waals surface area contributed by atoms with Crippen LogP contribution in [0.3, 0.4) is 0 Å². The monoisotopic (exact) mass is 449 g/mol. The Morgan fingerprint density at radius 1 is 1.14 bits per heavy atom. The Balaban J connectivity index is 1.82. The third kappa shape index (κ3) is 5.30. The molecule has 0 radical (unpaired) electrons. The van der Waals surface area contributed by atoms with E-state index in [1.54, 1.807) is 12.1 Å². The second-order valence-electron chi connectivity index (χ2n) is 6.61. The lowest BCUT2D eigenvalue weighted by Crippen LogP contribution is -2.21. The van der Waals surface area contributed by atoms with Crippen molar-refractivity contribution in [1.29, 1.82) is 0 Å². The second kappa shape index (κ2) is 9.63. The van der Waals surface area contributed by atoms with Crippen LogP contribution in [0.4, 0.5) is 5.69 Å². The van der Waals surface area contributed by atoms with E-state index in [2.05, 4.69) is 27.3 Å².